The first-order valence-corrected chi connectivity index (χ1v) is 15.3. The summed E-state index contributed by atoms with van der Waals surface area (Å²) in [6.07, 6.45) is 28.1. The Morgan fingerprint density at radius 3 is 1.69 bits per heavy atom. The smallest absolute Gasteiger partial charge is 0.221 e. The first-order chi connectivity index (χ1) is 16.7. The van der Waals surface area contributed by atoms with E-state index in [0.717, 1.165) is 32.4 Å². The molecule has 0 fully saturated rings. The topological polar surface area (TPSA) is 44.7 Å². The Morgan fingerprint density at radius 2 is 1.20 bits per heavy atom. The summed E-state index contributed by atoms with van der Waals surface area (Å²) >= 11 is 0. The van der Waals surface area contributed by atoms with E-state index in [-0.39, 0.29) is 24.5 Å². The van der Waals surface area contributed by atoms with Crippen molar-refractivity contribution < 1.29 is 4.79 Å². The fraction of sp³-hybridized carbons (Fsp3) is 0.933. The quantitative estimate of drug-likeness (QED) is 0.131. The summed E-state index contributed by atoms with van der Waals surface area (Å²) in [6.45, 7) is 8.58. The van der Waals surface area contributed by atoms with E-state index in [4.69, 9.17) is 4.99 Å². The number of hydrogen-bond acceptors (Lipinski definition) is 3. The van der Waals surface area contributed by atoms with Gasteiger partial charge in [-0.05, 0) is 19.3 Å². The number of unbranched alkanes of at least 4 members (excludes halogenated alkanes) is 17. The molecule has 35 heavy (non-hydrogen) atoms. The molecular formula is C30H60ClN3O. The standard InChI is InChI=1S/C30H59N3O.ClH/c1-4-7-9-11-13-15-17-18-20-22-24-29-31-26-27-33(29)28(6-3)32-30(34)25-23-21-19-16-14-12-10-8-5-2;/h28H,4-27H2,1-3H3,(H,32,34);1H. The SMILES string of the molecule is CCCCCCCCCCCCC1=NCCN1C(CC)NC(=O)CCCCCCCCCCC.Cl. The van der Waals surface area contributed by atoms with Crippen molar-refractivity contribution in [1.82, 2.24) is 10.2 Å². The zero-order valence-corrected chi connectivity index (χ0v) is 24.6. The van der Waals surface area contributed by atoms with Gasteiger partial charge in [0.1, 0.15) is 12.0 Å². The molecule has 0 spiro atoms. The van der Waals surface area contributed by atoms with Gasteiger partial charge < -0.3 is 10.2 Å². The third kappa shape index (κ3) is 18.2. The molecule has 1 aliphatic heterocycles. The predicted molar refractivity (Wildman–Crippen MR) is 157 cm³/mol. The van der Waals surface area contributed by atoms with E-state index in [1.165, 1.54) is 121 Å². The molecule has 5 heteroatoms. The number of nitrogens with one attached hydrogen (secondary N) is 1. The van der Waals surface area contributed by atoms with E-state index in [1.807, 2.05) is 0 Å². The molecular weight excluding hydrogens is 454 g/mol. The highest BCUT2D eigenvalue weighted by molar-refractivity contribution is 5.85. The van der Waals surface area contributed by atoms with Crippen LogP contribution in [0.2, 0.25) is 0 Å². The van der Waals surface area contributed by atoms with Crippen LogP contribution in [0.5, 0.6) is 0 Å². The molecule has 208 valence electrons. The van der Waals surface area contributed by atoms with E-state index < -0.39 is 0 Å². The Hall–Kier alpha value is -0.770. The van der Waals surface area contributed by atoms with Gasteiger partial charge in [-0.1, -0.05) is 130 Å². The van der Waals surface area contributed by atoms with E-state index in [1.54, 1.807) is 0 Å². The zero-order chi connectivity index (χ0) is 24.7. The van der Waals surface area contributed by atoms with Crippen molar-refractivity contribution in [2.45, 2.75) is 168 Å². The lowest BCUT2D eigenvalue weighted by Gasteiger charge is -2.30. The van der Waals surface area contributed by atoms with Gasteiger partial charge in [0.05, 0.1) is 6.54 Å². The molecule has 0 bridgehead atoms. The van der Waals surface area contributed by atoms with Crippen LogP contribution in [-0.2, 0) is 4.79 Å². The van der Waals surface area contributed by atoms with Gasteiger partial charge in [0, 0.05) is 19.4 Å². The maximum absolute atomic E-state index is 12.5. The Balaban J connectivity index is 0.0000116. The van der Waals surface area contributed by atoms with Gasteiger partial charge in [0.2, 0.25) is 5.91 Å². The van der Waals surface area contributed by atoms with Crippen molar-refractivity contribution in [1.29, 1.82) is 0 Å². The average Bonchev–Trinajstić information content (AvgIpc) is 3.31. The van der Waals surface area contributed by atoms with E-state index in [2.05, 4.69) is 31.0 Å². The largest absolute Gasteiger partial charge is 0.338 e. The van der Waals surface area contributed by atoms with Crippen molar-refractivity contribution in [2.75, 3.05) is 13.1 Å². The molecule has 1 N–H and O–H groups in total. The van der Waals surface area contributed by atoms with Gasteiger partial charge in [-0.15, -0.1) is 12.4 Å². The van der Waals surface area contributed by atoms with Crippen LogP contribution in [0.1, 0.15) is 162 Å². The van der Waals surface area contributed by atoms with Gasteiger partial charge in [0.25, 0.3) is 0 Å². The van der Waals surface area contributed by atoms with Crippen LogP contribution in [0.15, 0.2) is 4.99 Å². The second kappa shape index (κ2) is 24.9. The third-order valence-electron chi connectivity index (χ3n) is 7.32. The molecule has 0 aromatic heterocycles. The van der Waals surface area contributed by atoms with E-state index in [0.29, 0.717) is 6.42 Å². The first-order valence-electron chi connectivity index (χ1n) is 15.3. The average molecular weight is 514 g/mol. The highest BCUT2D eigenvalue weighted by Gasteiger charge is 2.24. The maximum atomic E-state index is 12.5. The van der Waals surface area contributed by atoms with Gasteiger partial charge in [-0.3, -0.25) is 9.79 Å². The summed E-state index contributed by atoms with van der Waals surface area (Å²) in [5.41, 5.74) is 0. The summed E-state index contributed by atoms with van der Waals surface area (Å²) in [6, 6.07) is 0. The summed E-state index contributed by atoms with van der Waals surface area (Å²) in [7, 11) is 0. The minimum Gasteiger partial charge on any atom is -0.338 e. The molecule has 4 nitrogen and oxygen atoms in total. The van der Waals surface area contributed by atoms with E-state index >= 15 is 0 Å². The minimum atomic E-state index is 0. The van der Waals surface area contributed by atoms with Crippen LogP contribution in [-0.4, -0.2) is 35.9 Å². The molecule has 1 aliphatic rings. The fourth-order valence-corrected chi connectivity index (χ4v) is 5.09. The van der Waals surface area contributed by atoms with Crippen molar-refractivity contribution in [3.8, 4) is 0 Å². The number of nitrogens with zero attached hydrogens (tertiary/aromatic N) is 2. The number of carbonyl (C=O) groups is 1. The molecule has 0 radical (unpaired) electrons. The molecule has 1 rings (SSSR count). The van der Waals surface area contributed by atoms with E-state index in [9.17, 15) is 4.79 Å². The van der Waals surface area contributed by atoms with Crippen LogP contribution in [0.25, 0.3) is 0 Å². The number of aliphatic imine (C=N–C) groups is 1. The van der Waals surface area contributed by atoms with Crippen molar-refractivity contribution in [3.63, 3.8) is 0 Å². The van der Waals surface area contributed by atoms with Crippen LogP contribution in [0.3, 0.4) is 0 Å². The van der Waals surface area contributed by atoms with Crippen molar-refractivity contribution >= 4 is 24.1 Å². The van der Waals surface area contributed by atoms with Crippen molar-refractivity contribution in [2.24, 2.45) is 4.99 Å². The molecule has 1 amide bonds. The summed E-state index contributed by atoms with van der Waals surface area (Å²) in [5, 5.41) is 3.31. The lowest BCUT2D eigenvalue weighted by molar-refractivity contribution is -0.122. The monoisotopic (exact) mass is 513 g/mol. The molecule has 1 atom stereocenters. The lowest BCUT2D eigenvalue weighted by atomic mass is 10.1. The number of hydrogen-bond donors (Lipinski definition) is 1. The number of halogens is 1. The van der Waals surface area contributed by atoms with Gasteiger partial charge >= 0.3 is 0 Å². The number of carbonyl (C=O) groups excluding carboxylic acids is 1. The van der Waals surface area contributed by atoms with Crippen LogP contribution >= 0.6 is 12.4 Å². The zero-order valence-electron chi connectivity index (χ0n) is 23.8. The second-order valence-electron chi connectivity index (χ2n) is 10.5. The summed E-state index contributed by atoms with van der Waals surface area (Å²) in [4.78, 5) is 19.7. The molecule has 1 unspecified atom stereocenters. The second-order valence-corrected chi connectivity index (χ2v) is 10.5. The molecule has 0 saturated heterocycles. The normalized spacial score (nSPS) is 14.0. The summed E-state index contributed by atoms with van der Waals surface area (Å²) in [5.74, 6) is 1.45. The summed E-state index contributed by atoms with van der Waals surface area (Å²) < 4.78 is 0. The molecule has 0 aliphatic carbocycles. The van der Waals surface area contributed by atoms with Crippen LogP contribution in [0.4, 0.5) is 0 Å². The van der Waals surface area contributed by atoms with Crippen LogP contribution < -0.4 is 5.32 Å². The van der Waals surface area contributed by atoms with Crippen molar-refractivity contribution in [3.05, 3.63) is 0 Å². The highest BCUT2D eigenvalue weighted by Crippen LogP contribution is 2.16. The van der Waals surface area contributed by atoms with Gasteiger partial charge in [-0.25, -0.2) is 0 Å². The Kier molecular flexibility index (Phi) is 24.4. The third-order valence-corrected chi connectivity index (χ3v) is 7.32. The highest BCUT2D eigenvalue weighted by atomic mass is 35.5. The molecule has 1 heterocycles. The minimum absolute atomic E-state index is 0. The fourth-order valence-electron chi connectivity index (χ4n) is 5.09. The maximum Gasteiger partial charge on any atom is 0.221 e. The van der Waals surface area contributed by atoms with Gasteiger partial charge in [-0.2, -0.15) is 0 Å². The number of rotatable bonds is 24. The Morgan fingerprint density at radius 1 is 0.743 bits per heavy atom. The first kappa shape index (κ1) is 34.2. The van der Waals surface area contributed by atoms with Crippen LogP contribution in [0, 0.1) is 0 Å². The Labute approximate surface area is 225 Å². The van der Waals surface area contributed by atoms with Gasteiger partial charge in [0.15, 0.2) is 0 Å². The molecule has 0 aromatic rings. The lowest BCUT2D eigenvalue weighted by Crippen LogP contribution is -2.49. The molecule has 0 saturated carbocycles. The predicted octanol–water partition coefficient (Wildman–Crippen LogP) is 9.21. The Bertz CT molecular complexity index is 512. The number of amidine groups is 1. The number of amides is 1. The molecule has 0 aromatic carbocycles.